The number of fused-ring (bicyclic) bond motifs is 1. The van der Waals surface area contributed by atoms with Crippen LogP contribution in [0.5, 0.6) is 0 Å². The van der Waals surface area contributed by atoms with Crippen molar-refractivity contribution in [2.45, 2.75) is 13.8 Å². The van der Waals surface area contributed by atoms with E-state index in [1.807, 2.05) is 74.5 Å². The molecular formula is C25H24N4O. The van der Waals surface area contributed by atoms with Gasteiger partial charge in [-0.2, -0.15) is 5.10 Å². The van der Waals surface area contributed by atoms with Crippen LogP contribution in [-0.2, 0) is 4.79 Å². The van der Waals surface area contributed by atoms with E-state index in [1.165, 1.54) is 0 Å². The summed E-state index contributed by atoms with van der Waals surface area (Å²) in [5.41, 5.74) is 5.61. The van der Waals surface area contributed by atoms with Gasteiger partial charge < -0.3 is 10.6 Å². The lowest BCUT2D eigenvalue weighted by Crippen LogP contribution is -2.17. The van der Waals surface area contributed by atoms with Gasteiger partial charge >= 0.3 is 0 Å². The van der Waals surface area contributed by atoms with Gasteiger partial charge in [0.1, 0.15) is 0 Å². The van der Waals surface area contributed by atoms with Crippen molar-refractivity contribution >= 4 is 46.0 Å². The third kappa shape index (κ3) is 4.58. The molecule has 0 aliphatic heterocycles. The van der Waals surface area contributed by atoms with E-state index < -0.39 is 0 Å². The second kappa shape index (κ2) is 8.66. The van der Waals surface area contributed by atoms with Crippen molar-refractivity contribution in [2.75, 3.05) is 10.6 Å². The van der Waals surface area contributed by atoms with Crippen molar-refractivity contribution in [3.63, 3.8) is 0 Å². The van der Waals surface area contributed by atoms with Gasteiger partial charge in [-0.1, -0.05) is 56.3 Å². The molecule has 4 aromatic rings. The summed E-state index contributed by atoms with van der Waals surface area (Å²) in [6.45, 7) is 3.75. The first-order chi connectivity index (χ1) is 14.6. The van der Waals surface area contributed by atoms with Crippen molar-refractivity contribution in [3.05, 3.63) is 84.1 Å². The largest absolute Gasteiger partial charge is 0.355 e. The summed E-state index contributed by atoms with van der Waals surface area (Å²) in [6.07, 6.45) is 4.07. The lowest BCUT2D eigenvalue weighted by molar-refractivity contribution is -0.118. The number of hydrogen-bond donors (Lipinski definition) is 3. The molecule has 0 aliphatic rings. The van der Waals surface area contributed by atoms with Gasteiger partial charge in [0.25, 0.3) is 0 Å². The number of H-pyrrole nitrogens is 1. The summed E-state index contributed by atoms with van der Waals surface area (Å²) >= 11 is 0. The molecule has 0 saturated carbocycles. The van der Waals surface area contributed by atoms with E-state index in [0.717, 1.165) is 39.2 Å². The molecule has 0 spiro atoms. The predicted molar refractivity (Wildman–Crippen MR) is 125 cm³/mol. The average molecular weight is 396 g/mol. The first kappa shape index (κ1) is 19.5. The van der Waals surface area contributed by atoms with Crippen molar-refractivity contribution in [3.8, 4) is 0 Å². The third-order valence-electron chi connectivity index (χ3n) is 4.77. The van der Waals surface area contributed by atoms with Crippen LogP contribution < -0.4 is 10.6 Å². The number of rotatable bonds is 6. The lowest BCUT2D eigenvalue weighted by atomic mass is 10.1. The summed E-state index contributed by atoms with van der Waals surface area (Å²) in [5.74, 6) is -0.0587. The Hall–Kier alpha value is -3.86. The lowest BCUT2D eigenvalue weighted by Gasteiger charge is -2.11. The maximum Gasteiger partial charge on any atom is 0.226 e. The fraction of sp³-hybridized carbons (Fsp3) is 0.120. The average Bonchev–Trinajstić information content (AvgIpc) is 3.15. The standard InChI is InChI=1S/C25H24N4O/c1-17(2)25(30)27-20-10-6-9-19(15-20)26-21-12-13-22-23(28-29-24(22)16-21)14-11-18-7-4-3-5-8-18/h3-17,26H,1-2H3,(H,27,30)(H,28,29)/b14-11+. The smallest absolute Gasteiger partial charge is 0.226 e. The van der Waals surface area contributed by atoms with Gasteiger partial charge in [0, 0.05) is 28.4 Å². The van der Waals surface area contributed by atoms with E-state index in [9.17, 15) is 4.79 Å². The summed E-state index contributed by atoms with van der Waals surface area (Å²) < 4.78 is 0. The number of aromatic amines is 1. The zero-order chi connectivity index (χ0) is 20.9. The molecule has 1 amide bonds. The minimum Gasteiger partial charge on any atom is -0.355 e. The Balaban J connectivity index is 1.51. The summed E-state index contributed by atoms with van der Waals surface area (Å²) in [4.78, 5) is 11.9. The van der Waals surface area contributed by atoms with Gasteiger partial charge in [-0.15, -0.1) is 0 Å². The molecule has 150 valence electrons. The normalized spacial score (nSPS) is 11.3. The zero-order valence-electron chi connectivity index (χ0n) is 17.0. The quantitative estimate of drug-likeness (QED) is 0.370. The number of aromatic nitrogens is 2. The highest BCUT2D eigenvalue weighted by Gasteiger charge is 2.08. The van der Waals surface area contributed by atoms with Crippen molar-refractivity contribution in [2.24, 2.45) is 5.92 Å². The fourth-order valence-corrected chi connectivity index (χ4v) is 3.11. The van der Waals surface area contributed by atoms with Gasteiger partial charge in [0.15, 0.2) is 0 Å². The number of carbonyl (C=O) groups excluding carboxylic acids is 1. The number of anilines is 3. The van der Waals surface area contributed by atoms with Crippen LogP contribution in [-0.4, -0.2) is 16.1 Å². The molecule has 3 N–H and O–H groups in total. The van der Waals surface area contributed by atoms with Gasteiger partial charge in [0.2, 0.25) is 5.91 Å². The zero-order valence-corrected chi connectivity index (χ0v) is 17.0. The van der Waals surface area contributed by atoms with Crippen LogP contribution in [0.1, 0.15) is 25.1 Å². The predicted octanol–water partition coefficient (Wildman–Crippen LogP) is 6.07. The molecule has 4 rings (SSSR count). The highest BCUT2D eigenvalue weighted by molar-refractivity contribution is 5.93. The third-order valence-corrected chi connectivity index (χ3v) is 4.77. The van der Waals surface area contributed by atoms with E-state index >= 15 is 0 Å². The molecule has 0 radical (unpaired) electrons. The molecule has 30 heavy (non-hydrogen) atoms. The van der Waals surface area contributed by atoms with Crippen LogP contribution in [0.25, 0.3) is 23.1 Å². The van der Waals surface area contributed by atoms with E-state index in [0.29, 0.717) is 0 Å². The van der Waals surface area contributed by atoms with Crippen molar-refractivity contribution in [1.29, 1.82) is 0 Å². The minimum atomic E-state index is -0.0606. The highest BCUT2D eigenvalue weighted by Crippen LogP contribution is 2.25. The van der Waals surface area contributed by atoms with Crippen LogP contribution in [0.2, 0.25) is 0 Å². The Morgan fingerprint density at radius 1 is 0.900 bits per heavy atom. The maximum atomic E-state index is 11.9. The van der Waals surface area contributed by atoms with Gasteiger partial charge in [-0.05, 0) is 48.0 Å². The van der Waals surface area contributed by atoms with Crippen LogP contribution >= 0.6 is 0 Å². The first-order valence-electron chi connectivity index (χ1n) is 9.98. The van der Waals surface area contributed by atoms with E-state index in [2.05, 4.69) is 45.1 Å². The van der Waals surface area contributed by atoms with Crippen LogP contribution in [0, 0.1) is 5.92 Å². The first-order valence-corrected chi connectivity index (χ1v) is 9.98. The summed E-state index contributed by atoms with van der Waals surface area (Å²) in [5, 5.41) is 14.9. The number of carbonyl (C=O) groups is 1. The molecule has 0 aliphatic carbocycles. The van der Waals surface area contributed by atoms with Gasteiger partial charge in [-0.3, -0.25) is 9.89 Å². The van der Waals surface area contributed by atoms with Crippen LogP contribution in [0.4, 0.5) is 17.1 Å². The Morgan fingerprint density at radius 2 is 1.67 bits per heavy atom. The molecule has 0 saturated heterocycles. The Kier molecular flexibility index (Phi) is 5.61. The number of nitrogens with one attached hydrogen (secondary N) is 3. The van der Waals surface area contributed by atoms with E-state index in [-0.39, 0.29) is 11.8 Å². The second-order valence-electron chi connectivity index (χ2n) is 7.46. The number of amides is 1. The van der Waals surface area contributed by atoms with Crippen LogP contribution in [0.15, 0.2) is 72.8 Å². The molecule has 5 nitrogen and oxygen atoms in total. The molecule has 1 aromatic heterocycles. The van der Waals surface area contributed by atoms with Gasteiger partial charge in [-0.25, -0.2) is 0 Å². The SMILES string of the molecule is CC(C)C(=O)Nc1cccc(Nc2ccc3c(/C=C/c4ccccc4)n[nH]c3c2)c1. The Bertz CT molecular complexity index is 1190. The molecular weight excluding hydrogens is 372 g/mol. The molecule has 0 bridgehead atoms. The number of hydrogen-bond acceptors (Lipinski definition) is 3. The molecule has 0 atom stereocenters. The molecule has 5 heteroatoms. The van der Waals surface area contributed by atoms with Gasteiger partial charge in [0.05, 0.1) is 11.2 Å². The Morgan fingerprint density at radius 3 is 2.47 bits per heavy atom. The molecule has 1 heterocycles. The summed E-state index contributed by atoms with van der Waals surface area (Å²) in [6, 6.07) is 24.0. The topological polar surface area (TPSA) is 69.8 Å². The number of benzene rings is 3. The van der Waals surface area contributed by atoms with Crippen molar-refractivity contribution < 1.29 is 4.79 Å². The molecule has 0 fully saturated rings. The van der Waals surface area contributed by atoms with Crippen molar-refractivity contribution in [1.82, 2.24) is 10.2 Å². The highest BCUT2D eigenvalue weighted by atomic mass is 16.1. The molecule has 3 aromatic carbocycles. The monoisotopic (exact) mass is 396 g/mol. The number of nitrogens with zero attached hydrogens (tertiary/aromatic N) is 1. The molecule has 0 unspecified atom stereocenters. The summed E-state index contributed by atoms with van der Waals surface area (Å²) in [7, 11) is 0. The minimum absolute atomic E-state index is 0.00196. The second-order valence-corrected chi connectivity index (χ2v) is 7.46. The van der Waals surface area contributed by atoms with Crippen LogP contribution in [0.3, 0.4) is 0 Å². The fourth-order valence-electron chi connectivity index (χ4n) is 3.11. The van der Waals surface area contributed by atoms with E-state index in [1.54, 1.807) is 0 Å². The Labute approximate surface area is 175 Å². The maximum absolute atomic E-state index is 11.9. The van der Waals surface area contributed by atoms with E-state index in [4.69, 9.17) is 0 Å².